The molecule has 1 rings (SSSR count). The molecule has 0 aliphatic rings. The maximum absolute atomic E-state index is 5.71. The molecule has 0 saturated carbocycles. The van der Waals surface area contributed by atoms with Crippen molar-refractivity contribution in [3.8, 4) is 0 Å². The SMILES string of the molecule is Cc1nc(NCCC(C)N)cc(NCC(C)C)n1. The fourth-order valence-electron chi connectivity index (χ4n) is 1.49. The van der Waals surface area contributed by atoms with E-state index >= 15 is 0 Å². The first kappa shape index (κ1) is 14.7. The van der Waals surface area contributed by atoms with Crippen molar-refractivity contribution in [3.05, 3.63) is 11.9 Å². The summed E-state index contributed by atoms with van der Waals surface area (Å²) in [4.78, 5) is 8.72. The van der Waals surface area contributed by atoms with Crippen LogP contribution in [0.2, 0.25) is 0 Å². The number of rotatable bonds is 7. The van der Waals surface area contributed by atoms with Crippen LogP contribution in [0.4, 0.5) is 11.6 Å². The lowest BCUT2D eigenvalue weighted by Crippen LogP contribution is -2.19. The van der Waals surface area contributed by atoms with E-state index in [1.165, 1.54) is 0 Å². The highest BCUT2D eigenvalue weighted by Crippen LogP contribution is 2.11. The van der Waals surface area contributed by atoms with Gasteiger partial charge in [0.1, 0.15) is 17.5 Å². The van der Waals surface area contributed by atoms with Crippen LogP contribution in [-0.4, -0.2) is 29.1 Å². The zero-order valence-corrected chi connectivity index (χ0v) is 11.8. The van der Waals surface area contributed by atoms with Gasteiger partial charge < -0.3 is 16.4 Å². The monoisotopic (exact) mass is 251 g/mol. The molecule has 1 atom stereocenters. The summed E-state index contributed by atoms with van der Waals surface area (Å²) in [5.74, 6) is 3.09. The van der Waals surface area contributed by atoms with Crippen LogP contribution in [0.25, 0.3) is 0 Å². The zero-order chi connectivity index (χ0) is 13.5. The van der Waals surface area contributed by atoms with Gasteiger partial charge in [0.25, 0.3) is 0 Å². The molecule has 0 saturated heterocycles. The van der Waals surface area contributed by atoms with E-state index in [2.05, 4.69) is 34.4 Å². The first-order valence-corrected chi connectivity index (χ1v) is 6.56. The molecule has 18 heavy (non-hydrogen) atoms. The van der Waals surface area contributed by atoms with Crippen molar-refractivity contribution in [3.63, 3.8) is 0 Å². The van der Waals surface area contributed by atoms with Crippen molar-refractivity contribution in [1.82, 2.24) is 9.97 Å². The molecule has 5 heteroatoms. The molecule has 0 radical (unpaired) electrons. The van der Waals surface area contributed by atoms with Crippen LogP contribution in [0.1, 0.15) is 33.0 Å². The Morgan fingerprint density at radius 3 is 2.33 bits per heavy atom. The molecule has 102 valence electrons. The van der Waals surface area contributed by atoms with E-state index in [0.29, 0.717) is 5.92 Å². The summed E-state index contributed by atoms with van der Waals surface area (Å²) in [6.45, 7) is 9.99. The van der Waals surface area contributed by atoms with Gasteiger partial charge in [-0.3, -0.25) is 0 Å². The van der Waals surface area contributed by atoms with Crippen molar-refractivity contribution in [2.75, 3.05) is 23.7 Å². The summed E-state index contributed by atoms with van der Waals surface area (Å²) >= 11 is 0. The largest absolute Gasteiger partial charge is 0.370 e. The van der Waals surface area contributed by atoms with Gasteiger partial charge in [-0.15, -0.1) is 0 Å². The van der Waals surface area contributed by atoms with Crippen molar-refractivity contribution >= 4 is 11.6 Å². The standard InChI is InChI=1S/C13H25N5/c1-9(2)8-16-13-7-12(17-11(4)18-13)15-6-5-10(3)14/h7,9-10H,5-6,8,14H2,1-4H3,(H2,15,16,17,18). The maximum Gasteiger partial charge on any atom is 0.131 e. The number of nitrogens with zero attached hydrogens (tertiary/aromatic N) is 2. The number of aromatic nitrogens is 2. The maximum atomic E-state index is 5.71. The van der Waals surface area contributed by atoms with Gasteiger partial charge in [-0.2, -0.15) is 0 Å². The number of hydrogen-bond donors (Lipinski definition) is 3. The molecule has 1 aromatic heterocycles. The third-order valence-corrected chi connectivity index (χ3v) is 2.44. The number of nitrogens with two attached hydrogens (primary N) is 1. The Morgan fingerprint density at radius 1 is 1.17 bits per heavy atom. The molecule has 0 bridgehead atoms. The average Bonchev–Trinajstić information content (AvgIpc) is 2.25. The van der Waals surface area contributed by atoms with E-state index in [4.69, 9.17) is 5.73 Å². The Labute approximate surface area is 110 Å². The van der Waals surface area contributed by atoms with Crippen LogP contribution >= 0.6 is 0 Å². The zero-order valence-electron chi connectivity index (χ0n) is 11.8. The van der Waals surface area contributed by atoms with Gasteiger partial charge in [0.2, 0.25) is 0 Å². The lowest BCUT2D eigenvalue weighted by molar-refractivity contribution is 0.685. The van der Waals surface area contributed by atoms with Crippen LogP contribution < -0.4 is 16.4 Å². The van der Waals surface area contributed by atoms with E-state index in [-0.39, 0.29) is 6.04 Å². The first-order valence-electron chi connectivity index (χ1n) is 6.56. The molecule has 1 aromatic rings. The fourth-order valence-corrected chi connectivity index (χ4v) is 1.49. The van der Waals surface area contributed by atoms with Gasteiger partial charge in [0, 0.05) is 25.2 Å². The van der Waals surface area contributed by atoms with E-state index in [9.17, 15) is 0 Å². The second kappa shape index (κ2) is 7.16. The molecule has 0 spiro atoms. The first-order chi connectivity index (χ1) is 8.47. The third kappa shape index (κ3) is 5.82. The smallest absolute Gasteiger partial charge is 0.131 e. The van der Waals surface area contributed by atoms with Crippen LogP contribution in [0.3, 0.4) is 0 Å². The summed E-state index contributed by atoms with van der Waals surface area (Å²) in [5.41, 5.74) is 5.71. The molecule has 0 aromatic carbocycles. The minimum absolute atomic E-state index is 0.207. The van der Waals surface area contributed by atoms with Gasteiger partial charge >= 0.3 is 0 Å². The van der Waals surface area contributed by atoms with Gasteiger partial charge in [-0.05, 0) is 26.2 Å². The predicted octanol–water partition coefficient (Wildman–Crippen LogP) is 2.00. The molecule has 0 fully saturated rings. The minimum atomic E-state index is 0.207. The van der Waals surface area contributed by atoms with E-state index in [1.807, 2.05) is 19.9 Å². The lowest BCUT2D eigenvalue weighted by atomic mass is 10.2. The van der Waals surface area contributed by atoms with Gasteiger partial charge in [0.15, 0.2) is 0 Å². The van der Waals surface area contributed by atoms with E-state index in [1.54, 1.807) is 0 Å². The Balaban J connectivity index is 2.57. The summed E-state index contributed by atoms with van der Waals surface area (Å²) in [6.07, 6.45) is 0.928. The highest BCUT2D eigenvalue weighted by Gasteiger charge is 2.02. The van der Waals surface area contributed by atoms with E-state index < -0.39 is 0 Å². The number of hydrogen-bond acceptors (Lipinski definition) is 5. The summed E-state index contributed by atoms with van der Waals surface area (Å²) in [7, 11) is 0. The summed E-state index contributed by atoms with van der Waals surface area (Å²) < 4.78 is 0. The third-order valence-electron chi connectivity index (χ3n) is 2.44. The fraction of sp³-hybridized carbons (Fsp3) is 0.692. The Bertz CT molecular complexity index is 362. The summed E-state index contributed by atoms with van der Waals surface area (Å²) in [5, 5.41) is 6.58. The van der Waals surface area contributed by atoms with Crippen molar-refractivity contribution in [2.24, 2.45) is 11.7 Å². The molecule has 0 amide bonds. The predicted molar refractivity (Wildman–Crippen MR) is 76.9 cm³/mol. The minimum Gasteiger partial charge on any atom is -0.370 e. The molecule has 1 heterocycles. The normalized spacial score (nSPS) is 12.6. The van der Waals surface area contributed by atoms with Crippen LogP contribution in [-0.2, 0) is 0 Å². The molecule has 1 unspecified atom stereocenters. The second-order valence-electron chi connectivity index (χ2n) is 5.15. The topological polar surface area (TPSA) is 75.9 Å². The van der Waals surface area contributed by atoms with Crippen LogP contribution in [0.5, 0.6) is 0 Å². The van der Waals surface area contributed by atoms with Crippen LogP contribution in [0.15, 0.2) is 6.07 Å². The second-order valence-corrected chi connectivity index (χ2v) is 5.15. The molecular weight excluding hydrogens is 226 g/mol. The number of anilines is 2. The van der Waals surface area contributed by atoms with Gasteiger partial charge in [0.05, 0.1) is 0 Å². The lowest BCUT2D eigenvalue weighted by Gasteiger charge is -2.12. The highest BCUT2D eigenvalue weighted by molar-refractivity contribution is 5.47. The number of aryl methyl sites for hydroxylation is 1. The van der Waals surface area contributed by atoms with Crippen LogP contribution in [0, 0.1) is 12.8 Å². The molecular formula is C13H25N5. The van der Waals surface area contributed by atoms with E-state index in [0.717, 1.165) is 37.0 Å². The van der Waals surface area contributed by atoms with Crippen molar-refractivity contribution < 1.29 is 0 Å². The van der Waals surface area contributed by atoms with Crippen molar-refractivity contribution in [2.45, 2.75) is 40.2 Å². The van der Waals surface area contributed by atoms with Crippen molar-refractivity contribution in [1.29, 1.82) is 0 Å². The number of nitrogens with one attached hydrogen (secondary N) is 2. The molecule has 5 nitrogen and oxygen atoms in total. The summed E-state index contributed by atoms with van der Waals surface area (Å²) in [6, 6.07) is 2.15. The molecule has 0 aliphatic carbocycles. The van der Waals surface area contributed by atoms with Gasteiger partial charge in [-0.25, -0.2) is 9.97 Å². The molecule has 4 N–H and O–H groups in total. The Kier molecular flexibility index (Phi) is 5.85. The molecule has 0 aliphatic heterocycles. The Hall–Kier alpha value is -1.36. The van der Waals surface area contributed by atoms with Gasteiger partial charge in [-0.1, -0.05) is 13.8 Å². The average molecular weight is 251 g/mol. The quantitative estimate of drug-likeness (QED) is 0.691. The Morgan fingerprint density at radius 2 is 1.78 bits per heavy atom. The highest BCUT2D eigenvalue weighted by atomic mass is 15.1.